The molecule has 4 heteroatoms. The number of benzene rings is 2. The average Bonchev–Trinajstić information content (AvgIpc) is 2.75. The van der Waals surface area contributed by atoms with Crippen molar-refractivity contribution in [3.8, 4) is 11.4 Å². The minimum atomic E-state index is -0.881. The van der Waals surface area contributed by atoms with Gasteiger partial charge in [0.05, 0.1) is 16.6 Å². The van der Waals surface area contributed by atoms with Crippen molar-refractivity contribution in [2.45, 2.75) is 6.92 Å². The van der Waals surface area contributed by atoms with Crippen LogP contribution >= 0.6 is 0 Å². The van der Waals surface area contributed by atoms with E-state index >= 15 is 0 Å². The van der Waals surface area contributed by atoms with E-state index in [-0.39, 0.29) is 5.56 Å². The average molecular weight is 244 g/mol. The van der Waals surface area contributed by atoms with Gasteiger partial charge in [0.15, 0.2) is 11.6 Å². The molecule has 0 saturated carbocycles. The molecule has 0 radical (unpaired) electrons. The monoisotopic (exact) mass is 244 g/mol. The van der Waals surface area contributed by atoms with Crippen LogP contribution in [-0.4, -0.2) is 9.97 Å². The van der Waals surface area contributed by atoms with E-state index in [4.69, 9.17) is 0 Å². The molecular weight excluding hydrogens is 234 g/mol. The summed E-state index contributed by atoms with van der Waals surface area (Å²) in [6, 6.07) is 9.75. The molecule has 2 aromatic carbocycles. The van der Waals surface area contributed by atoms with E-state index in [1.807, 2.05) is 25.1 Å². The van der Waals surface area contributed by atoms with E-state index in [0.717, 1.165) is 22.7 Å². The second kappa shape index (κ2) is 3.91. The van der Waals surface area contributed by atoms with Crippen LogP contribution in [0.25, 0.3) is 22.4 Å². The maximum absolute atomic E-state index is 13.7. The van der Waals surface area contributed by atoms with Crippen molar-refractivity contribution >= 4 is 11.0 Å². The fraction of sp³-hybridized carbons (Fsp3) is 0.0714. The topological polar surface area (TPSA) is 28.7 Å². The van der Waals surface area contributed by atoms with E-state index in [9.17, 15) is 8.78 Å². The first-order chi connectivity index (χ1) is 8.65. The molecule has 90 valence electrons. The predicted octanol–water partition coefficient (Wildman–Crippen LogP) is 3.82. The molecule has 0 unspecified atom stereocenters. The second-order valence-corrected chi connectivity index (χ2v) is 4.21. The van der Waals surface area contributed by atoms with Crippen molar-refractivity contribution in [1.82, 2.24) is 9.97 Å². The summed E-state index contributed by atoms with van der Waals surface area (Å²) in [7, 11) is 0. The Balaban J connectivity index is 2.22. The maximum atomic E-state index is 13.7. The molecule has 0 aliphatic carbocycles. The summed E-state index contributed by atoms with van der Waals surface area (Å²) in [6.07, 6.45) is 0. The van der Waals surface area contributed by atoms with Crippen LogP contribution in [0.4, 0.5) is 8.78 Å². The van der Waals surface area contributed by atoms with Crippen LogP contribution in [0.3, 0.4) is 0 Å². The van der Waals surface area contributed by atoms with Gasteiger partial charge < -0.3 is 4.98 Å². The molecule has 0 aliphatic rings. The molecule has 1 aromatic heterocycles. The van der Waals surface area contributed by atoms with Crippen LogP contribution in [0.15, 0.2) is 36.4 Å². The Morgan fingerprint density at radius 3 is 2.78 bits per heavy atom. The molecule has 0 spiro atoms. The van der Waals surface area contributed by atoms with Gasteiger partial charge in [-0.15, -0.1) is 0 Å². The van der Waals surface area contributed by atoms with Gasteiger partial charge in [-0.2, -0.15) is 0 Å². The quantitative estimate of drug-likeness (QED) is 0.692. The Kier molecular flexibility index (Phi) is 2.37. The van der Waals surface area contributed by atoms with Crippen molar-refractivity contribution < 1.29 is 8.78 Å². The number of aromatic amines is 1. The molecule has 1 heterocycles. The highest BCUT2D eigenvalue weighted by Crippen LogP contribution is 2.24. The summed E-state index contributed by atoms with van der Waals surface area (Å²) in [5.74, 6) is -1.41. The number of aromatic nitrogens is 2. The summed E-state index contributed by atoms with van der Waals surface area (Å²) >= 11 is 0. The van der Waals surface area contributed by atoms with Crippen LogP contribution in [0, 0.1) is 18.6 Å². The standard InChI is InChI=1S/C14H10F2N2/c1-8-5-6-11-12(7-8)18-14(17-11)9-3-2-4-10(15)13(9)16/h2-7H,1H3,(H,17,18). The Morgan fingerprint density at radius 1 is 1.11 bits per heavy atom. The lowest BCUT2D eigenvalue weighted by Crippen LogP contribution is -1.90. The lowest BCUT2D eigenvalue weighted by Gasteiger charge is -1.99. The highest BCUT2D eigenvalue weighted by molar-refractivity contribution is 5.80. The predicted molar refractivity (Wildman–Crippen MR) is 66.2 cm³/mol. The number of imidazole rings is 1. The smallest absolute Gasteiger partial charge is 0.169 e. The molecule has 3 aromatic rings. The van der Waals surface area contributed by atoms with Crippen molar-refractivity contribution in [2.75, 3.05) is 0 Å². The van der Waals surface area contributed by atoms with Gasteiger partial charge in [-0.05, 0) is 36.8 Å². The minimum absolute atomic E-state index is 0.142. The summed E-state index contributed by atoms with van der Waals surface area (Å²) < 4.78 is 26.8. The van der Waals surface area contributed by atoms with Gasteiger partial charge in [0.2, 0.25) is 0 Å². The molecule has 0 atom stereocenters. The minimum Gasteiger partial charge on any atom is -0.338 e. The third kappa shape index (κ3) is 1.66. The summed E-state index contributed by atoms with van der Waals surface area (Å²) in [6.45, 7) is 1.96. The number of hydrogen-bond donors (Lipinski definition) is 1. The zero-order valence-electron chi connectivity index (χ0n) is 9.67. The zero-order valence-corrected chi connectivity index (χ0v) is 9.67. The van der Waals surface area contributed by atoms with Gasteiger partial charge in [0.25, 0.3) is 0 Å². The number of halogens is 2. The van der Waals surface area contributed by atoms with Crippen molar-refractivity contribution in [1.29, 1.82) is 0 Å². The Morgan fingerprint density at radius 2 is 1.94 bits per heavy atom. The van der Waals surface area contributed by atoms with E-state index in [1.54, 1.807) is 0 Å². The summed E-state index contributed by atoms with van der Waals surface area (Å²) in [5, 5.41) is 0. The van der Waals surface area contributed by atoms with Crippen molar-refractivity contribution in [3.05, 3.63) is 53.6 Å². The first-order valence-electron chi connectivity index (χ1n) is 5.56. The van der Waals surface area contributed by atoms with E-state index in [0.29, 0.717) is 5.82 Å². The first-order valence-corrected chi connectivity index (χ1v) is 5.56. The normalized spacial score (nSPS) is 11.1. The van der Waals surface area contributed by atoms with Crippen molar-refractivity contribution in [3.63, 3.8) is 0 Å². The molecule has 0 fully saturated rings. The molecule has 0 saturated heterocycles. The van der Waals surface area contributed by atoms with Crippen LogP contribution in [0.5, 0.6) is 0 Å². The Labute approximate surface area is 102 Å². The van der Waals surface area contributed by atoms with Crippen LogP contribution in [0.2, 0.25) is 0 Å². The molecule has 1 N–H and O–H groups in total. The Bertz CT molecular complexity index is 732. The number of fused-ring (bicyclic) bond motifs is 1. The number of nitrogens with one attached hydrogen (secondary N) is 1. The fourth-order valence-electron chi connectivity index (χ4n) is 1.94. The number of rotatable bonds is 1. The van der Waals surface area contributed by atoms with Crippen LogP contribution < -0.4 is 0 Å². The van der Waals surface area contributed by atoms with Gasteiger partial charge in [-0.3, -0.25) is 0 Å². The van der Waals surface area contributed by atoms with Gasteiger partial charge in [0.1, 0.15) is 5.82 Å². The third-order valence-corrected chi connectivity index (χ3v) is 2.84. The molecule has 0 amide bonds. The van der Waals surface area contributed by atoms with Crippen LogP contribution in [0.1, 0.15) is 5.56 Å². The van der Waals surface area contributed by atoms with Gasteiger partial charge in [-0.1, -0.05) is 12.1 Å². The lowest BCUT2D eigenvalue weighted by atomic mass is 10.2. The van der Waals surface area contributed by atoms with Gasteiger partial charge in [-0.25, -0.2) is 13.8 Å². The number of nitrogens with zero attached hydrogens (tertiary/aromatic N) is 1. The highest BCUT2D eigenvalue weighted by Gasteiger charge is 2.13. The number of hydrogen-bond acceptors (Lipinski definition) is 1. The molecule has 2 nitrogen and oxygen atoms in total. The molecular formula is C14H10F2N2. The Hall–Kier alpha value is -2.23. The molecule has 0 aliphatic heterocycles. The van der Waals surface area contributed by atoms with Gasteiger partial charge in [0, 0.05) is 0 Å². The fourth-order valence-corrected chi connectivity index (χ4v) is 1.94. The van der Waals surface area contributed by atoms with E-state index in [1.165, 1.54) is 12.1 Å². The molecule has 3 rings (SSSR count). The first kappa shape index (κ1) is 10.9. The number of aryl methyl sites for hydroxylation is 1. The lowest BCUT2D eigenvalue weighted by molar-refractivity contribution is 0.510. The third-order valence-electron chi connectivity index (χ3n) is 2.84. The van der Waals surface area contributed by atoms with Crippen LogP contribution in [-0.2, 0) is 0 Å². The van der Waals surface area contributed by atoms with Gasteiger partial charge >= 0.3 is 0 Å². The maximum Gasteiger partial charge on any atom is 0.169 e. The zero-order chi connectivity index (χ0) is 12.7. The summed E-state index contributed by atoms with van der Waals surface area (Å²) in [5.41, 5.74) is 2.77. The SMILES string of the molecule is Cc1ccc2nc(-c3cccc(F)c3F)[nH]c2c1. The highest BCUT2D eigenvalue weighted by atomic mass is 19.2. The molecule has 18 heavy (non-hydrogen) atoms. The van der Waals surface area contributed by atoms with Crippen molar-refractivity contribution in [2.24, 2.45) is 0 Å². The summed E-state index contributed by atoms with van der Waals surface area (Å²) in [4.78, 5) is 7.27. The van der Waals surface area contributed by atoms with E-state index < -0.39 is 11.6 Å². The number of H-pyrrole nitrogens is 1. The molecule has 0 bridgehead atoms. The largest absolute Gasteiger partial charge is 0.338 e. The second-order valence-electron chi connectivity index (χ2n) is 4.21. The van der Waals surface area contributed by atoms with E-state index in [2.05, 4.69) is 9.97 Å².